The Labute approximate surface area is 216 Å². The highest BCUT2D eigenvalue weighted by atomic mass is 32.1. The lowest BCUT2D eigenvalue weighted by molar-refractivity contribution is 0.586. The predicted octanol–water partition coefficient (Wildman–Crippen LogP) is 8.94. The Morgan fingerprint density at radius 1 is 0.429 bits per heavy atom. The summed E-state index contributed by atoms with van der Waals surface area (Å²) < 4.78 is 9.62. The van der Waals surface area contributed by atoms with E-state index in [1.54, 1.807) is 0 Å². The minimum absolute atomic E-state index is 0.146. The Morgan fingerprint density at radius 3 is 1.00 bits per heavy atom. The highest BCUT2D eigenvalue weighted by Crippen LogP contribution is 2.41. The maximum Gasteiger partial charge on any atom is 0.109 e. The first kappa shape index (κ1) is 25.6. The molecule has 0 spiro atoms. The number of aromatic nitrogens is 2. The molecule has 3 aromatic carbocycles. The molecule has 0 radical (unpaired) electrons. The smallest absolute Gasteiger partial charge is 0.109 e. The van der Waals surface area contributed by atoms with Crippen molar-refractivity contribution in [3.05, 3.63) is 94.0 Å². The molecule has 0 aliphatic heterocycles. The molecule has 1 heterocycles. The Hall–Kier alpha value is -2.52. The van der Waals surface area contributed by atoms with Gasteiger partial charge >= 0.3 is 0 Å². The second kappa shape index (κ2) is 8.55. The van der Waals surface area contributed by atoms with Crippen molar-refractivity contribution in [2.45, 2.75) is 90.9 Å². The summed E-state index contributed by atoms with van der Waals surface area (Å²) in [6, 6.07) is 22.8. The van der Waals surface area contributed by atoms with E-state index in [-0.39, 0.29) is 21.7 Å². The van der Waals surface area contributed by atoms with Crippen LogP contribution in [0, 0.1) is 0 Å². The lowest BCUT2D eigenvalue weighted by atomic mass is 9.73. The lowest BCUT2D eigenvalue weighted by Crippen LogP contribution is -2.23. The maximum atomic E-state index is 4.81. The Bertz CT molecular complexity index is 1220. The minimum atomic E-state index is -0.179. The van der Waals surface area contributed by atoms with Gasteiger partial charge in [-0.05, 0) is 44.2 Å². The van der Waals surface area contributed by atoms with E-state index in [0.29, 0.717) is 0 Å². The number of nitrogens with zero attached hydrogens (tertiary/aromatic N) is 2. The predicted molar refractivity (Wildman–Crippen MR) is 152 cm³/mol. The molecule has 0 unspecified atom stereocenters. The fourth-order valence-electron chi connectivity index (χ4n) is 4.96. The molecule has 0 atom stereocenters. The first-order valence-corrected chi connectivity index (χ1v) is 13.3. The van der Waals surface area contributed by atoms with E-state index in [4.69, 9.17) is 8.75 Å². The van der Waals surface area contributed by atoms with Crippen molar-refractivity contribution in [2.75, 3.05) is 0 Å². The van der Waals surface area contributed by atoms with Gasteiger partial charge in [-0.25, -0.2) is 0 Å². The van der Waals surface area contributed by atoms with Crippen molar-refractivity contribution in [3.8, 4) is 0 Å². The average Bonchev–Trinajstić information content (AvgIpc) is 3.27. The summed E-state index contributed by atoms with van der Waals surface area (Å²) in [6.45, 7) is 22.7. The van der Waals surface area contributed by atoms with Gasteiger partial charge in [-0.15, -0.1) is 0 Å². The molecule has 4 rings (SSSR count). The molecular weight excluding hydrogens is 444 g/mol. The molecule has 0 amide bonds. The zero-order valence-corrected chi connectivity index (χ0v) is 23.9. The number of hydrogen-bond acceptors (Lipinski definition) is 3. The second-order valence-corrected chi connectivity index (χ2v) is 13.6. The summed E-state index contributed by atoms with van der Waals surface area (Å²) in [5.41, 5.74) is 9.74. The first-order chi connectivity index (χ1) is 16.1. The number of benzene rings is 3. The van der Waals surface area contributed by atoms with Crippen molar-refractivity contribution < 1.29 is 0 Å². The van der Waals surface area contributed by atoms with E-state index >= 15 is 0 Å². The third-order valence-electron chi connectivity index (χ3n) is 7.71. The number of hydrogen-bond donors (Lipinski definition) is 0. The van der Waals surface area contributed by atoms with E-state index in [2.05, 4.69) is 130 Å². The normalized spacial score (nSPS) is 13.4. The molecule has 2 nitrogen and oxygen atoms in total. The molecule has 0 N–H and O–H groups in total. The third kappa shape index (κ3) is 4.68. The third-order valence-corrected chi connectivity index (χ3v) is 8.24. The van der Waals surface area contributed by atoms with Crippen LogP contribution in [0.3, 0.4) is 0 Å². The van der Waals surface area contributed by atoms with Gasteiger partial charge in [0.1, 0.15) is 11.0 Å². The maximum absolute atomic E-state index is 4.81. The molecule has 0 bridgehead atoms. The molecular formula is C32H40N2S. The van der Waals surface area contributed by atoms with Gasteiger partial charge in [0.25, 0.3) is 0 Å². The average molecular weight is 485 g/mol. The summed E-state index contributed by atoms with van der Waals surface area (Å²) in [5, 5.41) is 0. The van der Waals surface area contributed by atoms with Crippen LogP contribution in [0.15, 0.2) is 60.7 Å². The van der Waals surface area contributed by atoms with Gasteiger partial charge < -0.3 is 0 Å². The van der Waals surface area contributed by atoms with E-state index in [0.717, 1.165) is 11.0 Å². The standard InChI is InChI=1S/C32H40N2S/c1-29(2,3)21-11-15-23(16-12-21)31(7,8)25-19-20-26(28-27(25)33-35-34-28)32(9,10)24-17-13-22(14-18-24)30(4,5)6/h11-20H,1-10H3. The molecule has 35 heavy (non-hydrogen) atoms. The van der Waals surface area contributed by atoms with Crippen LogP contribution >= 0.6 is 11.7 Å². The summed E-state index contributed by atoms with van der Waals surface area (Å²) in [5.74, 6) is 0. The van der Waals surface area contributed by atoms with Crippen LogP contribution in [0.1, 0.15) is 103 Å². The van der Waals surface area contributed by atoms with Crippen LogP contribution in [0.25, 0.3) is 11.0 Å². The Morgan fingerprint density at radius 2 is 0.714 bits per heavy atom. The van der Waals surface area contributed by atoms with E-state index in [1.165, 1.54) is 45.1 Å². The highest BCUT2D eigenvalue weighted by molar-refractivity contribution is 7.00. The van der Waals surface area contributed by atoms with Crippen LogP contribution in [0.5, 0.6) is 0 Å². The molecule has 1 aromatic heterocycles. The van der Waals surface area contributed by atoms with Crippen molar-refractivity contribution in [3.63, 3.8) is 0 Å². The van der Waals surface area contributed by atoms with E-state index in [9.17, 15) is 0 Å². The Balaban J connectivity index is 1.77. The van der Waals surface area contributed by atoms with Crippen LogP contribution in [0.4, 0.5) is 0 Å². The van der Waals surface area contributed by atoms with Gasteiger partial charge in [0.2, 0.25) is 0 Å². The molecule has 3 heteroatoms. The molecule has 0 aliphatic carbocycles. The van der Waals surface area contributed by atoms with Crippen LogP contribution in [-0.2, 0) is 21.7 Å². The van der Waals surface area contributed by atoms with Crippen LogP contribution in [-0.4, -0.2) is 8.75 Å². The fraction of sp³-hybridized carbons (Fsp3) is 0.438. The van der Waals surface area contributed by atoms with Gasteiger partial charge in [-0.3, -0.25) is 0 Å². The van der Waals surface area contributed by atoms with Gasteiger partial charge in [0.05, 0.1) is 11.7 Å². The van der Waals surface area contributed by atoms with Crippen molar-refractivity contribution >= 4 is 22.8 Å². The summed E-state index contributed by atoms with van der Waals surface area (Å²) >= 11 is 1.32. The quantitative estimate of drug-likeness (QED) is 0.289. The molecule has 0 saturated heterocycles. The number of rotatable bonds is 4. The lowest BCUT2D eigenvalue weighted by Gasteiger charge is -2.31. The minimum Gasteiger partial charge on any atom is -0.173 e. The van der Waals surface area contributed by atoms with E-state index < -0.39 is 0 Å². The molecule has 4 aromatic rings. The zero-order valence-electron chi connectivity index (χ0n) is 23.1. The first-order valence-electron chi connectivity index (χ1n) is 12.6. The molecule has 0 fully saturated rings. The van der Waals surface area contributed by atoms with Gasteiger partial charge in [0, 0.05) is 10.8 Å². The van der Waals surface area contributed by atoms with Crippen LogP contribution < -0.4 is 0 Å². The SMILES string of the molecule is CC(C)(C)c1ccc(C(C)(C)c2ccc(C(C)(C)c3ccc(C(C)(C)C)cc3)c3nsnc23)cc1. The van der Waals surface area contributed by atoms with Crippen molar-refractivity contribution in [2.24, 2.45) is 0 Å². The van der Waals surface area contributed by atoms with Gasteiger partial charge in [-0.1, -0.05) is 130 Å². The largest absolute Gasteiger partial charge is 0.173 e. The van der Waals surface area contributed by atoms with Crippen molar-refractivity contribution in [1.82, 2.24) is 8.75 Å². The monoisotopic (exact) mass is 484 g/mol. The highest BCUT2D eigenvalue weighted by Gasteiger charge is 2.32. The molecule has 0 aliphatic rings. The Kier molecular flexibility index (Phi) is 6.25. The van der Waals surface area contributed by atoms with Crippen molar-refractivity contribution in [1.29, 1.82) is 0 Å². The summed E-state index contributed by atoms with van der Waals surface area (Å²) in [6.07, 6.45) is 0. The van der Waals surface area contributed by atoms with Gasteiger partial charge in [0.15, 0.2) is 0 Å². The second-order valence-electron chi connectivity index (χ2n) is 13.0. The zero-order chi connectivity index (χ0) is 25.8. The summed E-state index contributed by atoms with van der Waals surface area (Å²) in [4.78, 5) is 0. The molecule has 184 valence electrons. The molecule has 0 saturated carbocycles. The van der Waals surface area contributed by atoms with Gasteiger partial charge in [-0.2, -0.15) is 8.75 Å². The summed E-state index contributed by atoms with van der Waals surface area (Å²) in [7, 11) is 0. The fourth-order valence-corrected chi connectivity index (χ4v) is 5.53. The number of fused-ring (bicyclic) bond motifs is 1. The van der Waals surface area contributed by atoms with E-state index in [1.807, 2.05) is 0 Å². The van der Waals surface area contributed by atoms with Crippen LogP contribution in [0.2, 0.25) is 0 Å². The topological polar surface area (TPSA) is 25.8 Å².